The van der Waals surface area contributed by atoms with E-state index in [1.54, 1.807) is 18.3 Å². The molecule has 0 saturated heterocycles. The van der Waals surface area contributed by atoms with Crippen LogP contribution in [0.3, 0.4) is 0 Å². The van der Waals surface area contributed by atoms with E-state index in [0.717, 1.165) is 4.47 Å². The Labute approximate surface area is 143 Å². The zero-order chi connectivity index (χ0) is 15.7. The fraction of sp³-hybridized carbons (Fsp3) is 0.154. The third-order valence-corrected chi connectivity index (χ3v) is 3.07. The van der Waals surface area contributed by atoms with E-state index in [1.165, 1.54) is 0 Å². The monoisotopic (exact) mass is 385 g/mol. The molecule has 5 nitrogen and oxygen atoms in total. The van der Waals surface area contributed by atoms with Crippen LogP contribution in [0.4, 0.5) is 11.5 Å². The molecule has 0 atom stereocenters. The van der Waals surface area contributed by atoms with E-state index in [2.05, 4.69) is 55.3 Å². The molecule has 0 radical (unpaired) electrons. The summed E-state index contributed by atoms with van der Waals surface area (Å²) in [6.45, 7) is 8.40. The molecule has 0 aliphatic carbocycles. The zero-order valence-corrected chi connectivity index (χ0v) is 14.5. The minimum absolute atomic E-state index is 0.456. The Morgan fingerprint density at radius 2 is 1.71 bits per heavy atom. The molecule has 0 aromatic carbocycles. The molecule has 1 heterocycles. The second-order valence-corrected chi connectivity index (χ2v) is 5.53. The van der Waals surface area contributed by atoms with E-state index in [0.29, 0.717) is 34.8 Å². The lowest BCUT2D eigenvalue weighted by atomic mass is 10.4. The zero-order valence-electron chi connectivity index (χ0n) is 11.3. The van der Waals surface area contributed by atoms with E-state index >= 15 is 0 Å². The first-order chi connectivity index (χ1) is 10.1. The Morgan fingerprint density at radius 1 is 1.14 bits per heavy atom. The lowest BCUT2D eigenvalue weighted by Gasteiger charge is -2.15. The van der Waals surface area contributed by atoms with Crippen molar-refractivity contribution in [2.45, 2.75) is 0 Å². The predicted molar refractivity (Wildman–Crippen MR) is 101 cm³/mol. The molecule has 1 aromatic heterocycles. The van der Waals surface area contributed by atoms with Crippen molar-refractivity contribution in [2.75, 3.05) is 23.7 Å². The highest BCUT2D eigenvalue weighted by atomic mass is 79.9. The number of hydrogen-bond acceptors (Lipinski definition) is 3. The second-order valence-electron chi connectivity index (χ2n) is 3.80. The Bertz CT molecular complexity index is 547. The number of anilines is 2. The maximum atomic E-state index is 5.19. The summed E-state index contributed by atoms with van der Waals surface area (Å²) in [5.41, 5.74) is 0.702. The van der Waals surface area contributed by atoms with Gasteiger partial charge in [-0.05, 0) is 46.4 Å². The van der Waals surface area contributed by atoms with Gasteiger partial charge in [-0.3, -0.25) is 0 Å². The molecule has 8 heteroatoms. The average molecular weight is 386 g/mol. The van der Waals surface area contributed by atoms with Gasteiger partial charge in [0.15, 0.2) is 16.0 Å². The van der Waals surface area contributed by atoms with Crippen LogP contribution in [0.5, 0.6) is 0 Å². The van der Waals surface area contributed by atoms with Crippen molar-refractivity contribution in [2.24, 2.45) is 0 Å². The molecule has 0 saturated carbocycles. The molecule has 0 spiro atoms. The van der Waals surface area contributed by atoms with Crippen LogP contribution >= 0.6 is 40.4 Å². The Kier molecular flexibility index (Phi) is 7.88. The Morgan fingerprint density at radius 3 is 2.29 bits per heavy atom. The summed E-state index contributed by atoms with van der Waals surface area (Å²) in [6, 6.07) is 1.85. The van der Waals surface area contributed by atoms with Gasteiger partial charge in [-0.1, -0.05) is 12.2 Å². The highest BCUT2D eigenvalue weighted by molar-refractivity contribution is 9.10. The molecule has 1 aromatic rings. The quantitative estimate of drug-likeness (QED) is 0.443. The van der Waals surface area contributed by atoms with E-state index in [1.807, 2.05) is 6.07 Å². The normalized spacial score (nSPS) is 9.38. The fourth-order valence-electron chi connectivity index (χ4n) is 1.28. The lowest BCUT2D eigenvalue weighted by molar-refractivity contribution is 1.05. The van der Waals surface area contributed by atoms with Crippen LogP contribution in [0.1, 0.15) is 0 Å². The van der Waals surface area contributed by atoms with Crippen LogP contribution in [0.25, 0.3) is 0 Å². The molecule has 0 aliphatic heterocycles. The molecule has 0 amide bonds. The topological polar surface area (TPSA) is 61.0 Å². The van der Waals surface area contributed by atoms with Crippen LogP contribution in [-0.2, 0) is 0 Å². The third-order valence-electron chi connectivity index (χ3n) is 2.15. The van der Waals surface area contributed by atoms with Gasteiger partial charge in [-0.25, -0.2) is 4.98 Å². The predicted octanol–water partition coefficient (Wildman–Crippen LogP) is 2.79. The van der Waals surface area contributed by atoms with Crippen molar-refractivity contribution in [3.63, 3.8) is 0 Å². The average Bonchev–Trinajstić information content (AvgIpc) is 2.45. The van der Waals surface area contributed by atoms with Gasteiger partial charge < -0.3 is 21.3 Å². The maximum Gasteiger partial charge on any atom is 0.172 e. The number of pyridine rings is 1. The lowest BCUT2D eigenvalue weighted by Crippen LogP contribution is -2.31. The van der Waals surface area contributed by atoms with Crippen LogP contribution in [0.2, 0.25) is 0 Å². The molecule has 21 heavy (non-hydrogen) atoms. The van der Waals surface area contributed by atoms with E-state index in [-0.39, 0.29) is 0 Å². The number of nitrogens with one attached hydrogen (secondary N) is 4. The Balaban J connectivity index is 2.79. The van der Waals surface area contributed by atoms with Gasteiger partial charge in [0.1, 0.15) is 0 Å². The molecule has 0 unspecified atom stereocenters. The van der Waals surface area contributed by atoms with Crippen molar-refractivity contribution in [1.82, 2.24) is 15.6 Å². The summed E-state index contributed by atoms with van der Waals surface area (Å²) in [5.74, 6) is 0.572. The number of rotatable bonds is 6. The van der Waals surface area contributed by atoms with Crippen molar-refractivity contribution in [3.05, 3.63) is 42.0 Å². The summed E-state index contributed by atoms with van der Waals surface area (Å²) in [5, 5.41) is 12.9. The molecule has 4 N–H and O–H groups in total. The molecule has 0 bridgehead atoms. The second kappa shape index (κ2) is 9.43. The minimum atomic E-state index is 0.456. The van der Waals surface area contributed by atoms with Crippen LogP contribution < -0.4 is 21.3 Å². The number of nitrogens with zero attached hydrogens (tertiary/aromatic N) is 1. The van der Waals surface area contributed by atoms with Gasteiger partial charge in [-0.2, -0.15) is 0 Å². The van der Waals surface area contributed by atoms with Gasteiger partial charge >= 0.3 is 0 Å². The highest BCUT2D eigenvalue weighted by Gasteiger charge is 2.08. The van der Waals surface area contributed by atoms with Crippen molar-refractivity contribution >= 4 is 62.1 Å². The van der Waals surface area contributed by atoms with Crippen LogP contribution in [0.15, 0.2) is 42.0 Å². The van der Waals surface area contributed by atoms with Gasteiger partial charge in [0.25, 0.3) is 0 Å². The smallest absolute Gasteiger partial charge is 0.172 e. The standard InChI is InChI=1S/C13H16BrN5S2/c1-3-5-15-12(20)18-10-7-9(14)8-17-11(10)19-13(21)16-6-4-2/h3-4,7-8H,1-2,5-6H2,(H2,15,18,20)(H2,16,17,19,21). The maximum absolute atomic E-state index is 5.19. The molecule has 0 aliphatic rings. The van der Waals surface area contributed by atoms with Gasteiger partial charge in [0, 0.05) is 23.8 Å². The molecular formula is C13H16BrN5S2. The number of aromatic nitrogens is 1. The highest BCUT2D eigenvalue weighted by Crippen LogP contribution is 2.23. The molecule has 112 valence electrons. The first-order valence-corrected chi connectivity index (χ1v) is 7.64. The van der Waals surface area contributed by atoms with Crippen molar-refractivity contribution in [1.29, 1.82) is 0 Å². The number of hydrogen-bond donors (Lipinski definition) is 4. The molecule has 0 fully saturated rings. The molecular weight excluding hydrogens is 370 g/mol. The van der Waals surface area contributed by atoms with Crippen LogP contribution in [-0.4, -0.2) is 28.3 Å². The summed E-state index contributed by atoms with van der Waals surface area (Å²) in [7, 11) is 0. The number of thiocarbonyl (C=S) groups is 2. The van der Waals surface area contributed by atoms with Crippen molar-refractivity contribution in [3.8, 4) is 0 Å². The van der Waals surface area contributed by atoms with Gasteiger partial charge in [-0.15, -0.1) is 13.2 Å². The molecule has 1 rings (SSSR count). The minimum Gasteiger partial charge on any atom is -0.359 e. The first kappa shape index (κ1) is 17.5. The summed E-state index contributed by atoms with van der Waals surface area (Å²) in [4.78, 5) is 4.28. The fourth-order valence-corrected chi connectivity index (χ4v) is 1.99. The summed E-state index contributed by atoms with van der Waals surface area (Å²) < 4.78 is 0.826. The van der Waals surface area contributed by atoms with Crippen LogP contribution in [0, 0.1) is 0 Å². The third kappa shape index (κ3) is 6.65. The van der Waals surface area contributed by atoms with E-state index < -0.39 is 0 Å². The number of halogens is 1. The first-order valence-electron chi connectivity index (χ1n) is 6.04. The van der Waals surface area contributed by atoms with E-state index in [9.17, 15) is 0 Å². The SMILES string of the molecule is C=CCNC(=S)Nc1cc(Br)cnc1NC(=S)NCC=C. The van der Waals surface area contributed by atoms with Gasteiger partial charge in [0.2, 0.25) is 0 Å². The summed E-state index contributed by atoms with van der Waals surface area (Å²) >= 11 is 13.7. The largest absolute Gasteiger partial charge is 0.359 e. The van der Waals surface area contributed by atoms with Crippen molar-refractivity contribution < 1.29 is 0 Å². The van der Waals surface area contributed by atoms with E-state index in [4.69, 9.17) is 24.4 Å². The summed E-state index contributed by atoms with van der Waals surface area (Å²) in [6.07, 6.45) is 5.11. The van der Waals surface area contributed by atoms with Gasteiger partial charge in [0.05, 0.1) is 5.69 Å². The Hall–Kier alpha value is -1.51.